The number of carbonyl (C=O) groups is 2. The van der Waals surface area contributed by atoms with E-state index in [9.17, 15) is 14.0 Å². The molecule has 2 aliphatic rings. The first-order chi connectivity index (χ1) is 13.0. The molecule has 2 aromatic carbocycles. The third-order valence-electron chi connectivity index (χ3n) is 5.34. The highest BCUT2D eigenvalue weighted by Gasteiger charge is 2.48. The lowest BCUT2D eigenvalue weighted by Crippen LogP contribution is -2.49. The quantitative estimate of drug-likeness (QED) is 0.877. The molecule has 0 aromatic heterocycles. The maximum absolute atomic E-state index is 13.7. The van der Waals surface area contributed by atoms with Crippen molar-refractivity contribution >= 4 is 29.1 Å². The van der Waals surface area contributed by atoms with Crippen LogP contribution in [0.25, 0.3) is 0 Å². The van der Waals surface area contributed by atoms with Gasteiger partial charge in [-0.25, -0.2) is 4.39 Å². The van der Waals surface area contributed by atoms with E-state index in [1.807, 2.05) is 24.3 Å². The topological polar surface area (TPSA) is 58.6 Å². The first kappa shape index (κ1) is 17.8. The summed E-state index contributed by atoms with van der Waals surface area (Å²) in [5, 5.41) is 3.21. The van der Waals surface area contributed by atoms with Gasteiger partial charge in [0.05, 0.1) is 5.41 Å². The molecule has 1 spiro atoms. The highest BCUT2D eigenvalue weighted by atomic mass is 35.5. The fraction of sp³-hybridized carbons (Fsp3) is 0.300. The molecule has 2 heterocycles. The summed E-state index contributed by atoms with van der Waals surface area (Å²) in [5.74, 6) is -0.848. The lowest BCUT2D eigenvalue weighted by Gasteiger charge is -2.37. The molecule has 4 rings (SSSR count). The van der Waals surface area contributed by atoms with Crippen molar-refractivity contribution in [2.24, 2.45) is 0 Å². The van der Waals surface area contributed by atoms with Crippen molar-refractivity contribution in [2.75, 3.05) is 25.0 Å². The summed E-state index contributed by atoms with van der Waals surface area (Å²) in [4.78, 5) is 26.7. The molecular weight excluding hydrogens is 371 g/mol. The van der Waals surface area contributed by atoms with Gasteiger partial charge in [0.15, 0.2) is 18.2 Å². The van der Waals surface area contributed by atoms with Gasteiger partial charge in [-0.15, -0.1) is 0 Å². The highest BCUT2D eigenvalue weighted by molar-refractivity contribution is 6.30. The molecule has 0 radical (unpaired) electrons. The molecule has 0 bridgehead atoms. The summed E-state index contributed by atoms with van der Waals surface area (Å²) >= 11 is 5.71. The SMILES string of the molecule is O=C(COc1ccc(Cl)cc1F)N1CCC2(CC1)C(=O)Nc1ccccc12. The predicted molar refractivity (Wildman–Crippen MR) is 99.5 cm³/mol. The lowest BCUT2D eigenvalue weighted by molar-refractivity contribution is -0.137. The smallest absolute Gasteiger partial charge is 0.260 e. The van der Waals surface area contributed by atoms with Crippen LogP contribution in [0.5, 0.6) is 5.75 Å². The van der Waals surface area contributed by atoms with Crippen LogP contribution in [0.15, 0.2) is 42.5 Å². The van der Waals surface area contributed by atoms with Crippen LogP contribution in [-0.4, -0.2) is 36.4 Å². The Morgan fingerprint density at radius 3 is 2.70 bits per heavy atom. The number of amides is 2. The van der Waals surface area contributed by atoms with Crippen LogP contribution in [-0.2, 0) is 15.0 Å². The number of nitrogens with one attached hydrogen (secondary N) is 1. The first-order valence-electron chi connectivity index (χ1n) is 8.76. The van der Waals surface area contributed by atoms with Gasteiger partial charge in [-0.05, 0) is 42.7 Å². The summed E-state index contributed by atoms with van der Waals surface area (Å²) in [6.45, 7) is 0.647. The minimum Gasteiger partial charge on any atom is -0.481 e. The van der Waals surface area contributed by atoms with Crippen molar-refractivity contribution in [3.63, 3.8) is 0 Å². The lowest BCUT2D eigenvalue weighted by atomic mass is 9.73. The number of piperidine rings is 1. The minimum atomic E-state index is -0.605. The van der Waals surface area contributed by atoms with Crippen molar-refractivity contribution in [1.82, 2.24) is 4.90 Å². The molecule has 27 heavy (non-hydrogen) atoms. The number of fused-ring (bicyclic) bond motifs is 2. The van der Waals surface area contributed by atoms with Gasteiger partial charge in [-0.2, -0.15) is 0 Å². The summed E-state index contributed by atoms with van der Waals surface area (Å²) < 4.78 is 19.0. The van der Waals surface area contributed by atoms with Gasteiger partial charge < -0.3 is 15.0 Å². The largest absolute Gasteiger partial charge is 0.481 e. The number of hydrogen-bond acceptors (Lipinski definition) is 3. The molecule has 140 valence electrons. The Labute approximate surface area is 161 Å². The standard InChI is InChI=1S/C20H18ClFN2O3/c21-13-5-6-17(15(22)11-13)27-12-18(25)24-9-7-20(8-10-24)14-3-1-2-4-16(14)23-19(20)26/h1-6,11H,7-10,12H2,(H,23,26). The van der Waals surface area contributed by atoms with Crippen LogP contribution in [0.1, 0.15) is 18.4 Å². The second-order valence-electron chi connectivity index (χ2n) is 6.83. The summed E-state index contributed by atoms with van der Waals surface area (Å²) in [6.07, 6.45) is 1.10. The number of anilines is 1. The van der Waals surface area contributed by atoms with Gasteiger partial charge in [-0.1, -0.05) is 29.8 Å². The second-order valence-corrected chi connectivity index (χ2v) is 7.26. The van der Waals surface area contributed by atoms with Gasteiger partial charge in [0.1, 0.15) is 0 Å². The third-order valence-corrected chi connectivity index (χ3v) is 5.58. The van der Waals surface area contributed by atoms with Crippen molar-refractivity contribution < 1.29 is 18.7 Å². The second kappa shape index (κ2) is 6.85. The Morgan fingerprint density at radius 2 is 1.96 bits per heavy atom. The fourth-order valence-corrected chi connectivity index (χ4v) is 3.99. The number of halogens is 2. The Bertz CT molecular complexity index is 910. The molecule has 2 aliphatic heterocycles. The van der Waals surface area contributed by atoms with Gasteiger partial charge in [0.25, 0.3) is 5.91 Å². The molecule has 2 aromatic rings. The normalized spacial score (nSPS) is 17.6. The monoisotopic (exact) mass is 388 g/mol. The van der Waals surface area contributed by atoms with E-state index in [1.165, 1.54) is 12.1 Å². The van der Waals surface area contributed by atoms with E-state index in [0.29, 0.717) is 25.9 Å². The van der Waals surface area contributed by atoms with E-state index >= 15 is 0 Å². The Kier molecular flexibility index (Phi) is 4.52. The molecule has 1 saturated heterocycles. The molecule has 0 saturated carbocycles. The fourth-order valence-electron chi connectivity index (χ4n) is 3.83. The van der Waals surface area contributed by atoms with E-state index in [-0.39, 0.29) is 29.2 Å². The average Bonchev–Trinajstić information content (AvgIpc) is 2.93. The van der Waals surface area contributed by atoms with Gasteiger partial charge >= 0.3 is 0 Å². The minimum absolute atomic E-state index is 0.00437. The average molecular weight is 389 g/mol. The van der Waals surface area contributed by atoms with Crippen LogP contribution in [0.4, 0.5) is 10.1 Å². The number of para-hydroxylation sites is 1. The molecule has 2 amide bonds. The van der Waals surface area contributed by atoms with Crippen LogP contribution >= 0.6 is 11.6 Å². The number of nitrogens with zero attached hydrogens (tertiary/aromatic N) is 1. The Morgan fingerprint density at radius 1 is 1.22 bits per heavy atom. The first-order valence-corrected chi connectivity index (χ1v) is 9.14. The Balaban J connectivity index is 1.39. The maximum atomic E-state index is 13.7. The van der Waals surface area contributed by atoms with E-state index < -0.39 is 11.2 Å². The molecule has 0 unspecified atom stereocenters. The summed E-state index contributed by atoms with van der Waals surface area (Å²) in [7, 11) is 0. The highest BCUT2D eigenvalue weighted by Crippen LogP contribution is 2.44. The van der Waals surface area contributed by atoms with Gasteiger partial charge in [0, 0.05) is 23.8 Å². The molecule has 0 atom stereocenters. The van der Waals surface area contributed by atoms with Crippen LogP contribution in [0.3, 0.4) is 0 Å². The number of benzene rings is 2. The van der Waals surface area contributed by atoms with E-state index in [0.717, 1.165) is 17.3 Å². The summed E-state index contributed by atoms with van der Waals surface area (Å²) in [6, 6.07) is 11.7. The Hall–Kier alpha value is -2.60. The zero-order valence-electron chi connectivity index (χ0n) is 14.5. The molecular formula is C20H18ClFN2O3. The molecule has 5 nitrogen and oxygen atoms in total. The third kappa shape index (κ3) is 3.14. The van der Waals surface area contributed by atoms with Crippen LogP contribution in [0.2, 0.25) is 5.02 Å². The van der Waals surface area contributed by atoms with Crippen molar-refractivity contribution in [3.8, 4) is 5.75 Å². The van der Waals surface area contributed by atoms with Gasteiger partial charge in [0.2, 0.25) is 5.91 Å². The molecule has 7 heteroatoms. The predicted octanol–water partition coefficient (Wildman–Crippen LogP) is 3.37. The zero-order chi connectivity index (χ0) is 19.0. The number of likely N-dealkylation sites (tertiary alicyclic amines) is 1. The van der Waals surface area contributed by atoms with E-state index in [2.05, 4.69) is 5.32 Å². The molecule has 1 N–H and O–H groups in total. The molecule has 1 fully saturated rings. The maximum Gasteiger partial charge on any atom is 0.260 e. The van der Waals surface area contributed by atoms with E-state index in [1.54, 1.807) is 4.90 Å². The molecule has 0 aliphatic carbocycles. The number of ether oxygens (including phenoxy) is 1. The number of hydrogen-bond donors (Lipinski definition) is 1. The van der Waals surface area contributed by atoms with E-state index in [4.69, 9.17) is 16.3 Å². The van der Waals surface area contributed by atoms with Crippen molar-refractivity contribution in [3.05, 3.63) is 58.9 Å². The van der Waals surface area contributed by atoms with Crippen LogP contribution < -0.4 is 10.1 Å². The number of rotatable bonds is 3. The number of carbonyl (C=O) groups excluding carboxylic acids is 2. The van der Waals surface area contributed by atoms with Gasteiger partial charge in [-0.3, -0.25) is 9.59 Å². The van der Waals surface area contributed by atoms with Crippen molar-refractivity contribution in [1.29, 1.82) is 0 Å². The van der Waals surface area contributed by atoms with Crippen LogP contribution in [0, 0.1) is 5.82 Å². The summed E-state index contributed by atoms with van der Waals surface area (Å²) in [5.41, 5.74) is 1.28. The van der Waals surface area contributed by atoms with Crippen molar-refractivity contribution in [2.45, 2.75) is 18.3 Å². The zero-order valence-corrected chi connectivity index (χ0v) is 15.3.